The monoisotopic (exact) mass is 396 g/mol. The molecule has 142 valence electrons. The lowest BCUT2D eigenvalue weighted by Crippen LogP contribution is -2.20. The highest BCUT2D eigenvalue weighted by Crippen LogP contribution is 2.07. The quantitative estimate of drug-likeness (QED) is 0.452. The predicted octanol–water partition coefficient (Wildman–Crippen LogP) is 2.87. The third kappa shape index (κ3) is 7.45. The minimum Gasteiger partial charge on any atom is -0.289 e. The van der Waals surface area contributed by atoms with Gasteiger partial charge in [0.1, 0.15) is 22.0 Å². The number of hydrogen-bond donors (Lipinski definition) is 2. The van der Waals surface area contributed by atoms with E-state index < -0.39 is 22.0 Å². The van der Waals surface area contributed by atoms with E-state index in [2.05, 4.69) is 9.77 Å². The maximum absolute atomic E-state index is 11.9. The smallest absolute Gasteiger partial charge is 0.148 e. The van der Waals surface area contributed by atoms with Crippen molar-refractivity contribution in [3.8, 4) is 0 Å². The van der Waals surface area contributed by atoms with Crippen molar-refractivity contribution in [2.45, 2.75) is 36.5 Å². The van der Waals surface area contributed by atoms with Gasteiger partial charge in [0.05, 0.1) is 23.0 Å². The van der Waals surface area contributed by atoms with Crippen molar-refractivity contribution in [3.05, 3.63) is 59.7 Å². The number of aryl methyl sites for hydroxylation is 2. The fourth-order valence-electron chi connectivity index (χ4n) is 1.96. The van der Waals surface area contributed by atoms with Crippen molar-refractivity contribution in [1.82, 2.24) is 9.77 Å². The SMILES string of the molecule is Cc1ccc([S@@](=O)NOCCCCON[S@](=O)c2ccc(C)cc2)cc1. The second-order valence-electron chi connectivity index (χ2n) is 5.73. The molecule has 0 fully saturated rings. The third-order valence-electron chi connectivity index (χ3n) is 3.48. The molecule has 0 aliphatic carbocycles. The number of nitrogens with one attached hydrogen (secondary N) is 2. The number of hydrogen-bond acceptors (Lipinski definition) is 4. The molecular weight excluding hydrogens is 372 g/mol. The lowest BCUT2D eigenvalue weighted by molar-refractivity contribution is 0.0680. The van der Waals surface area contributed by atoms with Gasteiger partial charge in [0.2, 0.25) is 0 Å². The summed E-state index contributed by atoms with van der Waals surface area (Å²) in [7, 11) is -2.77. The van der Waals surface area contributed by atoms with Crippen LogP contribution in [0.5, 0.6) is 0 Å². The molecule has 0 aliphatic rings. The topological polar surface area (TPSA) is 76.7 Å². The molecule has 0 spiro atoms. The van der Waals surface area contributed by atoms with Gasteiger partial charge in [-0.05, 0) is 51.0 Å². The predicted molar refractivity (Wildman–Crippen MR) is 103 cm³/mol. The first-order chi connectivity index (χ1) is 12.6. The Labute approximate surface area is 159 Å². The summed E-state index contributed by atoms with van der Waals surface area (Å²) >= 11 is 0. The molecule has 0 saturated carbocycles. The van der Waals surface area contributed by atoms with Crippen molar-refractivity contribution >= 4 is 22.0 Å². The zero-order chi connectivity index (χ0) is 18.8. The molecule has 0 heterocycles. The van der Waals surface area contributed by atoms with E-state index in [9.17, 15) is 8.42 Å². The first kappa shape index (κ1) is 20.9. The van der Waals surface area contributed by atoms with Crippen molar-refractivity contribution in [3.63, 3.8) is 0 Å². The molecule has 6 nitrogen and oxygen atoms in total. The molecule has 8 heteroatoms. The maximum atomic E-state index is 11.9. The van der Waals surface area contributed by atoms with E-state index in [1.54, 1.807) is 24.3 Å². The Morgan fingerprint density at radius 3 is 1.38 bits per heavy atom. The highest BCUT2D eigenvalue weighted by atomic mass is 32.2. The fourth-order valence-corrected chi connectivity index (χ4v) is 3.30. The van der Waals surface area contributed by atoms with Crippen LogP contribution < -0.4 is 9.77 Å². The largest absolute Gasteiger partial charge is 0.289 e. The van der Waals surface area contributed by atoms with Crippen LogP contribution in [-0.4, -0.2) is 21.6 Å². The van der Waals surface area contributed by atoms with Crippen molar-refractivity contribution < 1.29 is 18.1 Å². The number of unbranched alkanes of at least 4 members (excludes halogenated alkanes) is 1. The van der Waals surface area contributed by atoms with E-state index in [0.29, 0.717) is 23.0 Å². The van der Waals surface area contributed by atoms with Crippen LogP contribution >= 0.6 is 0 Å². The Balaban J connectivity index is 1.51. The van der Waals surface area contributed by atoms with Gasteiger partial charge < -0.3 is 0 Å². The van der Waals surface area contributed by atoms with Crippen LogP contribution in [0.1, 0.15) is 24.0 Å². The molecule has 0 bridgehead atoms. The van der Waals surface area contributed by atoms with Crippen LogP contribution in [0.3, 0.4) is 0 Å². The minimum absolute atomic E-state index is 0.405. The molecule has 2 N–H and O–H groups in total. The Bertz CT molecular complexity index is 657. The summed E-state index contributed by atoms with van der Waals surface area (Å²) in [6.07, 6.45) is 1.44. The molecule has 2 aromatic carbocycles. The van der Waals surface area contributed by atoms with Crippen molar-refractivity contribution in [2.75, 3.05) is 13.2 Å². The highest BCUT2D eigenvalue weighted by molar-refractivity contribution is 7.83. The highest BCUT2D eigenvalue weighted by Gasteiger charge is 2.04. The Morgan fingerprint density at radius 1 is 0.692 bits per heavy atom. The van der Waals surface area contributed by atoms with E-state index in [-0.39, 0.29) is 0 Å². The summed E-state index contributed by atoms with van der Waals surface area (Å²) in [5, 5.41) is 0. The Kier molecular flexibility index (Phi) is 9.10. The summed E-state index contributed by atoms with van der Waals surface area (Å²) in [4.78, 5) is 16.8. The molecule has 0 radical (unpaired) electrons. The second-order valence-corrected chi connectivity index (χ2v) is 8.09. The summed E-state index contributed by atoms with van der Waals surface area (Å²) in [5.74, 6) is 0. The van der Waals surface area contributed by atoms with Gasteiger partial charge in [-0.3, -0.25) is 9.68 Å². The van der Waals surface area contributed by atoms with E-state index in [1.165, 1.54) is 0 Å². The maximum Gasteiger partial charge on any atom is 0.148 e. The van der Waals surface area contributed by atoms with Gasteiger partial charge in [-0.25, -0.2) is 8.42 Å². The Hall–Kier alpha value is -1.42. The first-order valence-electron chi connectivity index (χ1n) is 8.28. The second kappa shape index (κ2) is 11.3. The average Bonchev–Trinajstić information content (AvgIpc) is 2.64. The van der Waals surface area contributed by atoms with Crippen LogP contribution in [-0.2, 0) is 31.6 Å². The van der Waals surface area contributed by atoms with Gasteiger partial charge in [-0.15, -0.1) is 9.77 Å². The van der Waals surface area contributed by atoms with Crippen LogP contribution in [0.4, 0.5) is 0 Å². The molecule has 0 amide bonds. The molecule has 2 atom stereocenters. The van der Waals surface area contributed by atoms with Crippen LogP contribution in [0.25, 0.3) is 0 Å². The van der Waals surface area contributed by atoms with Crippen LogP contribution in [0.15, 0.2) is 58.3 Å². The molecule has 26 heavy (non-hydrogen) atoms. The average molecular weight is 397 g/mol. The van der Waals surface area contributed by atoms with Crippen molar-refractivity contribution in [1.29, 1.82) is 0 Å². The standard InChI is InChI=1S/C18H24N2O4S2/c1-15-5-9-17(10-6-15)25(21)19-23-13-3-4-14-24-20-26(22)18-11-7-16(2)8-12-18/h5-12,19-20H,3-4,13-14H2,1-2H3/t25-,26-/m1/s1. The van der Waals surface area contributed by atoms with E-state index >= 15 is 0 Å². The van der Waals surface area contributed by atoms with Crippen molar-refractivity contribution in [2.24, 2.45) is 0 Å². The number of benzene rings is 2. The fraction of sp³-hybridized carbons (Fsp3) is 0.333. The first-order valence-corrected chi connectivity index (χ1v) is 10.6. The third-order valence-corrected chi connectivity index (χ3v) is 5.42. The molecule has 2 rings (SSSR count). The molecule has 0 aromatic heterocycles. The normalized spacial score (nSPS) is 13.5. The van der Waals surface area contributed by atoms with E-state index in [1.807, 2.05) is 38.1 Å². The molecule has 0 unspecified atom stereocenters. The van der Waals surface area contributed by atoms with Gasteiger partial charge >= 0.3 is 0 Å². The molecule has 0 saturated heterocycles. The number of rotatable bonds is 11. The summed E-state index contributed by atoms with van der Waals surface area (Å²) in [6, 6.07) is 14.8. The summed E-state index contributed by atoms with van der Waals surface area (Å²) in [5.41, 5.74) is 2.23. The van der Waals surface area contributed by atoms with E-state index in [4.69, 9.17) is 9.68 Å². The zero-order valence-electron chi connectivity index (χ0n) is 14.9. The molecule has 0 aliphatic heterocycles. The summed E-state index contributed by atoms with van der Waals surface area (Å²) < 4.78 is 23.9. The zero-order valence-corrected chi connectivity index (χ0v) is 16.5. The van der Waals surface area contributed by atoms with Gasteiger partial charge in [0.15, 0.2) is 0 Å². The minimum atomic E-state index is -1.39. The molecule has 2 aromatic rings. The van der Waals surface area contributed by atoms with Gasteiger partial charge in [0, 0.05) is 0 Å². The lowest BCUT2D eigenvalue weighted by atomic mass is 10.2. The Morgan fingerprint density at radius 2 is 1.04 bits per heavy atom. The van der Waals surface area contributed by atoms with Crippen LogP contribution in [0, 0.1) is 13.8 Å². The van der Waals surface area contributed by atoms with Gasteiger partial charge in [-0.2, -0.15) is 0 Å². The van der Waals surface area contributed by atoms with E-state index in [0.717, 1.165) is 24.0 Å². The van der Waals surface area contributed by atoms with Gasteiger partial charge in [-0.1, -0.05) is 35.4 Å². The summed E-state index contributed by atoms with van der Waals surface area (Å²) in [6.45, 7) is 4.76. The van der Waals surface area contributed by atoms with Crippen LogP contribution in [0.2, 0.25) is 0 Å². The molecular formula is C18H24N2O4S2. The van der Waals surface area contributed by atoms with Gasteiger partial charge in [0.25, 0.3) is 0 Å². The lowest BCUT2D eigenvalue weighted by Gasteiger charge is -2.07.